The highest BCUT2D eigenvalue weighted by atomic mass is 19.4. The molecular formula is C20H14F6N2. The van der Waals surface area contributed by atoms with Crippen LogP contribution in [0.2, 0.25) is 0 Å². The fourth-order valence-electron chi connectivity index (χ4n) is 3.77. The molecule has 8 heteroatoms. The van der Waals surface area contributed by atoms with Crippen LogP contribution in [-0.2, 0) is 0 Å². The Bertz CT molecular complexity index is 973. The van der Waals surface area contributed by atoms with Crippen LogP contribution in [0, 0.1) is 6.92 Å². The average Bonchev–Trinajstić information content (AvgIpc) is 2.99. The van der Waals surface area contributed by atoms with Crippen LogP contribution in [0.3, 0.4) is 0 Å². The van der Waals surface area contributed by atoms with Gasteiger partial charge in [0.05, 0.1) is 11.7 Å². The molecule has 0 spiro atoms. The second kappa shape index (κ2) is 5.86. The van der Waals surface area contributed by atoms with Crippen molar-refractivity contribution in [3.8, 4) is 0 Å². The van der Waals surface area contributed by atoms with E-state index in [0.717, 1.165) is 11.0 Å². The van der Waals surface area contributed by atoms with Gasteiger partial charge in [-0.3, -0.25) is 0 Å². The maximum Gasteiger partial charge on any atom is 0.425 e. The van der Waals surface area contributed by atoms with Crippen molar-refractivity contribution in [2.75, 3.05) is 4.90 Å². The van der Waals surface area contributed by atoms with Crippen molar-refractivity contribution in [3.63, 3.8) is 0 Å². The summed E-state index contributed by atoms with van der Waals surface area (Å²) < 4.78 is 83.8. The van der Waals surface area contributed by atoms with Crippen LogP contribution in [0.25, 0.3) is 6.08 Å². The Hall–Kier alpha value is -2.77. The summed E-state index contributed by atoms with van der Waals surface area (Å²) in [5.41, 5.74) is -2.70. The molecule has 0 amide bonds. The maximum absolute atomic E-state index is 14.0. The zero-order chi connectivity index (χ0) is 20.3. The van der Waals surface area contributed by atoms with E-state index in [1.807, 2.05) is 0 Å². The third-order valence-corrected chi connectivity index (χ3v) is 5.12. The first-order valence-electron chi connectivity index (χ1n) is 8.44. The van der Waals surface area contributed by atoms with Gasteiger partial charge in [-0.25, -0.2) is 4.99 Å². The number of benzene rings is 2. The van der Waals surface area contributed by atoms with Crippen molar-refractivity contribution >= 4 is 17.6 Å². The van der Waals surface area contributed by atoms with Crippen molar-refractivity contribution < 1.29 is 26.3 Å². The van der Waals surface area contributed by atoms with E-state index in [2.05, 4.69) is 4.99 Å². The molecule has 2 heterocycles. The minimum atomic E-state index is -5.63. The van der Waals surface area contributed by atoms with Crippen LogP contribution >= 0.6 is 0 Å². The summed E-state index contributed by atoms with van der Waals surface area (Å²) in [6.07, 6.45) is -9.03. The molecule has 2 aromatic rings. The average molecular weight is 396 g/mol. The lowest BCUT2D eigenvalue weighted by Crippen LogP contribution is -2.64. The van der Waals surface area contributed by atoms with Crippen LogP contribution in [0.15, 0.2) is 59.6 Å². The molecule has 0 saturated carbocycles. The Morgan fingerprint density at radius 2 is 1.50 bits per heavy atom. The summed E-state index contributed by atoms with van der Waals surface area (Å²) in [5.74, 6) is -0.338. The van der Waals surface area contributed by atoms with Crippen LogP contribution < -0.4 is 4.90 Å². The first kappa shape index (κ1) is 18.6. The number of hydrogen-bond acceptors (Lipinski definition) is 2. The van der Waals surface area contributed by atoms with Gasteiger partial charge in [0, 0.05) is 5.56 Å². The Labute approximate surface area is 156 Å². The molecule has 4 rings (SSSR count). The number of halogens is 6. The minimum Gasteiger partial charge on any atom is -0.315 e. The van der Waals surface area contributed by atoms with Gasteiger partial charge in [0.15, 0.2) is 0 Å². The van der Waals surface area contributed by atoms with E-state index in [-0.39, 0.29) is 17.1 Å². The molecule has 0 aromatic heterocycles. The molecular weight excluding hydrogens is 382 g/mol. The van der Waals surface area contributed by atoms with Crippen LogP contribution in [0.1, 0.15) is 16.7 Å². The quantitative estimate of drug-likeness (QED) is 0.580. The molecule has 146 valence electrons. The lowest BCUT2D eigenvalue weighted by Gasteiger charge is -2.40. The van der Waals surface area contributed by atoms with Gasteiger partial charge in [-0.1, -0.05) is 54.6 Å². The van der Waals surface area contributed by atoms with Crippen LogP contribution in [0.5, 0.6) is 0 Å². The van der Waals surface area contributed by atoms with Crippen molar-refractivity contribution in [2.24, 2.45) is 4.99 Å². The van der Waals surface area contributed by atoms with E-state index in [4.69, 9.17) is 0 Å². The summed E-state index contributed by atoms with van der Waals surface area (Å²) in [4.78, 5) is 4.43. The highest BCUT2D eigenvalue weighted by molar-refractivity contribution is 6.15. The van der Waals surface area contributed by atoms with Gasteiger partial charge in [0.1, 0.15) is 5.84 Å². The topological polar surface area (TPSA) is 15.6 Å². The Kier molecular flexibility index (Phi) is 3.89. The van der Waals surface area contributed by atoms with E-state index in [9.17, 15) is 26.3 Å². The second-order valence-corrected chi connectivity index (χ2v) is 6.75. The first-order chi connectivity index (χ1) is 13.1. The fraction of sp³-hybridized carbons (Fsp3) is 0.250. The normalized spacial score (nSPS) is 20.6. The number of fused-ring (bicyclic) bond motifs is 3. The highest BCUT2D eigenvalue weighted by Crippen LogP contribution is 2.55. The van der Waals surface area contributed by atoms with E-state index in [1.54, 1.807) is 43.3 Å². The van der Waals surface area contributed by atoms with Gasteiger partial charge >= 0.3 is 12.4 Å². The number of rotatable bonds is 1. The second-order valence-electron chi connectivity index (χ2n) is 6.75. The number of anilines is 1. The number of aryl methyl sites for hydroxylation is 1. The van der Waals surface area contributed by atoms with Gasteiger partial charge in [0.2, 0.25) is 0 Å². The predicted octanol–water partition coefficient (Wildman–Crippen LogP) is 5.52. The Balaban J connectivity index is 2.06. The Morgan fingerprint density at radius 1 is 0.893 bits per heavy atom. The van der Waals surface area contributed by atoms with Gasteiger partial charge in [0.25, 0.3) is 5.54 Å². The number of para-hydroxylation sites is 1. The minimum absolute atomic E-state index is 0.230. The number of alkyl halides is 6. The number of nitrogens with zero attached hydrogens (tertiary/aromatic N) is 2. The molecule has 0 aliphatic carbocycles. The van der Waals surface area contributed by atoms with Crippen molar-refractivity contribution in [3.05, 3.63) is 71.3 Å². The molecule has 0 radical (unpaired) electrons. The number of aliphatic imine (C=N–C) groups is 1. The molecule has 0 N–H and O–H groups in total. The van der Waals surface area contributed by atoms with E-state index in [0.29, 0.717) is 11.1 Å². The smallest absolute Gasteiger partial charge is 0.315 e. The molecule has 1 atom stereocenters. The van der Waals surface area contributed by atoms with Crippen molar-refractivity contribution in [1.29, 1.82) is 0 Å². The van der Waals surface area contributed by atoms with Crippen molar-refractivity contribution in [2.45, 2.75) is 30.9 Å². The number of amidine groups is 1. The standard InChI is InChI=1S/C20H14F6N2/c1-12-6-2-4-8-14(12)17-27-18(19(21,22)23,20(24,25)26)16-11-10-13-7-3-5-9-15(13)28(16)17/h2-11,16H,1H3. The largest absolute Gasteiger partial charge is 0.425 e. The third kappa shape index (κ3) is 2.40. The zero-order valence-electron chi connectivity index (χ0n) is 14.5. The molecule has 2 aliphatic heterocycles. The molecule has 0 saturated heterocycles. The molecule has 2 nitrogen and oxygen atoms in total. The lowest BCUT2D eigenvalue weighted by atomic mass is 9.86. The molecule has 2 aromatic carbocycles. The number of hydrogen-bond donors (Lipinski definition) is 0. The highest BCUT2D eigenvalue weighted by Gasteiger charge is 2.78. The van der Waals surface area contributed by atoms with Gasteiger partial charge in [-0.2, -0.15) is 26.3 Å². The summed E-state index contributed by atoms with van der Waals surface area (Å²) in [6.45, 7) is 1.62. The molecule has 1 unspecified atom stereocenters. The first-order valence-corrected chi connectivity index (χ1v) is 8.44. The zero-order valence-corrected chi connectivity index (χ0v) is 14.5. The summed E-state index contributed by atoms with van der Waals surface area (Å²) in [6, 6.07) is 10.7. The van der Waals surface area contributed by atoms with Gasteiger partial charge in [-0.15, -0.1) is 0 Å². The van der Waals surface area contributed by atoms with E-state index in [1.165, 1.54) is 18.2 Å². The molecule has 2 aliphatic rings. The SMILES string of the molecule is Cc1ccccc1C1=NC(C(F)(F)F)(C(F)(F)F)C2C=Cc3ccccc3N12. The van der Waals surface area contributed by atoms with Crippen LogP contribution in [-0.4, -0.2) is 29.8 Å². The fourth-order valence-corrected chi connectivity index (χ4v) is 3.77. The molecule has 28 heavy (non-hydrogen) atoms. The lowest BCUT2D eigenvalue weighted by molar-refractivity contribution is -0.294. The summed E-state index contributed by atoms with van der Waals surface area (Å²) >= 11 is 0. The van der Waals surface area contributed by atoms with Crippen LogP contribution in [0.4, 0.5) is 32.0 Å². The van der Waals surface area contributed by atoms with E-state index >= 15 is 0 Å². The molecule has 0 fully saturated rings. The van der Waals surface area contributed by atoms with Gasteiger partial charge in [-0.05, 0) is 24.1 Å². The third-order valence-electron chi connectivity index (χ3n) is 5.12. The van der Waals surface area contributed by atoms with E-state index < -0.39 is 23.9 Å². The summed E-state index contributed by atoms with van der Waals surface area (Å²) in [7, 11) is 0. The summed E-state index contributed by atoms with van der Waals surface area (Å²) in [5, 5.41) is 0. The van der Waals surface area contributed by atoms with Gasteiger partial charge < -0.3 is 4.90 Å². The predicted molar refractivity (Wildman–Crippen MR) is 94.3 cm³/mol. The monoisotopic (exact) mass is 396 g/mol. The van der Waals surface area contributed by atoms with Crippen molar-refractivity contribution in [1.82, 2.24) is 0 Å². The Morgan fingerprint density at radius 3 is 2.14 bits per heavy atom. The maximum atomic E-state index is 14.0. The molecule has 0 bridgehead atoms.